The van der Waals surface area contributed by atoms with Crippen LogP contribution in [0.5, 0.6) is 0 Å². The van der Waals surface area contributed by atoms with Crippen molar-refractivity contribution in [2.45, 2.75) is 25.3 Å². The minimum Gasteiger partial charge on any atom is -0.465 e. The molecule has 0 spiro atoms. The number of amides is 1. The summed E-state index contributed by atoms with van der Waals surface area (Å²) in [5.74, 6) is -1.45. The van der Waals surface area contributed by atoms with Crippen molar-refractivity contribution in [1.29, 1.82) is 0 Å². The third-order valence-corrected chi connectivity index (χ3v) is 3.02. The molecule has 108 valence electrons. The lowest BCUT2D eigenvalue weighted by atomic mass is 10.2. The van der Waals surface area contributed by atoms with Crippen molar-refractivity contribution in [3.05, 3.63) is 29.6 Å². The Bertz CT molecular complexity index is 515. The zero-order valence-electron chi connectivity index (χ0n) is 11.2. The van der Waals surface area contributed by atoms with Crippen molar-refractivity contribution in [2.75, 3.05) is 19.0 Å². The molecule has 0 unspecified atom stereocenters. The van der Waals surface area contributed by atoms with E-state index in [1.807, 2.05) is 0 Å². The lowest BCUT2D eigenvalue weighted by Gasteiger charge is -2.08. The van der Waals surface area contributed by atoms with Crippen LogP contribution in [0.15, 0.2) is 18.2 Å². The average molecular weight is 280 g/mol. The van der Waals surface area contributed by atoms with E-state index < -0.39 is 11.8 Å². The minimum absolute atomic E-state index is 0.00989. The van der Waals surface area contributed by atoms with E-state index in [4.69, 9.17) is 0 Å². The number of ether oxygens (including phenoxy) is 1. The third-order valence-electron chi connectivity index (χ3n) is 3.02. The SMILES string of the molecule is COC(=O)c1ccc(F)c(NC(=O)CCNC2CC2)c1. The summed E-state index contributed by atoms with van der Waals surface area (Å²) in [6.07, 6.45) is 2.56. The second-order valence-corrected chi connectivity index (χ2v) is 4.71. The first kappa shape index (κ1) is 14.5. The van der Waals surface area contributed by atoms with Crippen LogP contribution in [0, 0.1) is 5.82 Å². The number of methoxy groups -OCH3 is 1. The zero-order chi connectivity index (χ0) is 14.5. The molecule has 1 aliphatic rings. The van der Waals surface area contributed by atoms with Gasteiger partial charge >= 0.3 is 5.97 Å². The normalized spacial score (nSPS) is 13.9. The monoisotopic (exact) mass is 280 g/mol. The maximum atomic E-state index is 13.6. The molecule has 0 bridgehead atoms. The molecule has 0 aromatic heterocycles. The molecule has 0 radical (unpaired) electrons. The van der Waals surface area contributed by atoms with Crippen LogP contribution in [0.1, 0.15) is 29.6 Å². The van der Waals surface area contributed by atoms with Gasteiger partial charge in [0.1, 0.15) is 5.82 Å². The lowest BCUT2D eigenvalue weighted by molar-refractivity contribution is -0.116. The third kappa shape index (κ3) is 4.03. The van der Waals surface area contributed by atoms with Crippen LogP contribution in [0.3, 0.4) is 0 Å². The van der Waals surface area contributed by atoms with E-state index in [9.17, 15) is 14.0 Å². The van der Waals surface area contributed by atoms with Crippen molar-refractivity contribution >= 4 is 17.6 Å². The van der Waals surface area contributed by atoms with Crippen LogP contribution < -0.4 is 10.6 Å². The predicted octanol–water partition coefficient (Wildman–Crippen LogP) is 1.69. The Hall–Kier alpha value is -1.95. The fraction of sp³-hybridized carbons (Fsp3) is 0.429. The van der Waals surface area contributed by atoms with Crippen molar-refractivity contribution in [3.63, 3.8) is 0 Å². The quantitative estimate of drug-likeness (QED) is 0.778. The molecule has 1 aromatic carbocycles. The number of carbonyl (C=O) groups is 2. The summed E-state index contributed by atoms with van der Waals surface area (Å²) >= 11 is 0. The molecule has 1 aromatic rings. The van der Waals surface area contributed by atoms with Crippen LogP contribution >= 0.6 is 0 Å². The molecular formula is C14H17FN2O3. The van der Waals surface area contributed by atoms with Gasteiger partial charge in [0.05, 0.1) is 18.4 Å². The number of benzene rings is 1. The van der Waals surface area contributed by atoms with Gasteiger partial charge in [-0.3, -0.25) is 4.79 Å². The van der Waals surface area contributed by atoms with Gasteiger partial charge in [0.25, 0.3) is 0 Å². The van der Waals surface area contributed by atoms with Gasteiger partial charge in [-0.1, -0.05) is 0 Å². The number of anilines is 1. The zero-order valence-corrected chi connectivity index (χ0v) is 11.2. The van der Waals surface area contributed by atoms with Crippen LogP contribution in [0.4, 0.5) is 10.1 Å². The first-order valence-electron chi connectivity index (χ1n) is 6.51. The highest BCUT2D eigenvalue weighted by atomic mass is 19.1. The van der Waals surface area contributed by atoms with E-state index in [2.05, 4.69) is 15.4 Å². The summed E-state index contributed by atoms with van der Waals surface area (Å²) < 4.78 is 18.1. The van der Waals surface area contributed by atoms with Gasteiger partial charge in [-0.2, -0.15) is 0 Å². The highest BCUT2D eigenvalue weighted by molar-refractivity contribution is 5.94. The van der Waals surface area contributed by atoms with Gasteiger partial charge in [-0.05, 0) is 31.0 Å². The molecule has 0 saturated heterocycles. The highest BCUT2D eigenvalue weighted by Crippen LogP contribution is 2.19. The Morgan fingerprint density at radius 2 is 2.15 bits per heavy atom. The first-order chi connectivity index (χ1) is 9.60. The molecule has 2 N–H and O–H groups in total. The number of halogens is 1. The van der Waals surface area contributed by atoms with Crippen LogP contribution in [-0.2, 0) is 9.53 Å². The molecule has 1 aliphatic carbocycles. The summed E-state index contributed by atoms with van der Waals surface area (Å²) in [5, 5.41) is 5.66. The van der Waals surface area contributed by atoms with E-state index >= 15 is 0 Å². The summed E-state index contributed by atoms with van der Waals surface area (Å²) in [6, 6.07) is 4.24. The molecule has 1 amide bonds. The summed E-state index contributed by atoms with van der Waals surface area (Å²) in [6.45, 7) is 0.564. The first-order valence-corrected chi connectivity index (χ1v) is 6.51. The largest absolute Gasteiger partial charge is 0.465 e. The Labute approximate surface area is 116 Å². The van der Waals surface area contributed by atoms with Crippen molar-refractivity contribution in [3.8, 4) is 0 Å². The molecule has 0 atom stereocenters. The molecule has 0 heterocycles. The Morgan fingerprint density at radius 3 is 2.80 bits per heavy atom. The maximum absolute atomic E-state index is 13.6. The Morgan fingerprint density at radius 1 is 1.40 bits per heavy atom. The Balaban J connectivity index is 1.92. The maximum Gasteiger partial charge on any atom is 0.337 e. The van der Waals surface area contributed by atoms with E-state index in [1.165, 1.54) is 19.2 Å². The van der Waals surface area contributed by atoms with E-state index in [0.29, 0.717) is 12.6 Å². The second kappa shape index (κ2) is 6.47. The average Bonchev–Trinajstić information content (AvgIpc) is 3.24. The van der Waals surface area contributed by atoms with Gasteiger partial charge < -0.3 is 15.4 Å². The fourth-order valence-electron chi connectivity index (χ4n) is 1.76. The number of hydrogen-bond donors (Lipinski definition) is 2. The topological polar surface area (TPSA) is 67.4 Å². The molecule has 1 saturated carbocycles. The summed E-state index contributed by atoms with van der Waals surface area (Å²) in [4.78, 5) is 23.0. The molecule has 6 heteroatoms. The van der Waals surface area contributed by atoms with Crippen LogP contribution in [0.2, 0.25) is 0 Å². The van der Waals surface area contributed by atoms with Crippen molar-refractivity contribution in [1.82, 2.24) is 5.32 Å². The Kier molecular flexibility index (Phi) is 4.68. The number of nitrogens with one attached hydrogen (secondary N) is 2. The molecular weight excluding hydrogens is 263 g/mol. The minimum atomic E-state index is -0.582. The molecule has 2 rings (SSSR count). The highest BCUT2D eigenvalue weighted by Gasteiger charge is 2.20. The van der Waals surface area contributed by atoms with E-state index in [1.54, 1.807) is 0 Å². The number of hydrogen-bond acceptors (Lipinski definition) is 4. The van der Waals surface area contributed by atoms with Gasteiger partial charge in [0.15, 0.2) is 0 Å². The van der Waals surface area contributed by atoms with Crippen LogP contribution in [0.25, 0.3) is 0 Å². The molecule has 0 aliphatic heterocycles. The molecule has 1 fully saturated rings. The van der Waals surface area contributed by atoms with E-state index in [-0.39, 0.29) is 23.6 Å². The van der Waals surface area contributed by atoms with Gasteiger partial charge in [-0.25, -0.2) is 9.18 Å². The predicted molar refractivity (Wildman–Crippen MR) is 72.0 cm³/mol. The van der Waals surface area contributed by atoms with Gasteiger partial charge in [0, 0.05) is 19.0 Å². The van der Waals surface area contributed by atoms with Gasteiger partial charge in [0.2, 0.25) is 5.91 Å². The lowest BCUT2D eigenvalue weighted by Crippen LogP contribution is -2.23. The van der Waals surface area contributed by atoms with Crippen LogP contribution in [-0.4, -0.2) is 31.6 Å². The molecule has 5 nitrogen and oxygen atoms in total. The fourth-order valence-corrected chi connectivity index (χ4v) is 1.76. The van der Waals surface area contributed by atoms with Crippen molar-refractivity contribution in [2.24, 2.45) is 0 Å². The smallest absolute Gasteiger partial charge is 0.337 e. The van der Waals surface area contributed by atoms with Crippen molar-refractivity contribution < 1.29 is 18.7 Å². The number of esters is 1. The molecule has 20 heavy (non-hydrogen) atoms. The summed E-state index contributed by atoms with van der Waals surface area (Å²) in [5.41, 5.74) is 0.185. The standard InChI is InChI=1S/C14H17FN2O3/c1-20-14(19)9-2-5-11(15)12(8-9)17-13(18)6-7-16-10-3-4-10/h2,5,8,10,16H,3-4,6-7H2,1H3,(H,17,18). The van der Waals surface area contributed by atoms with Gasteiger partial charge in [-0.15, -0.1) is 0 Å². The second-order valence-electron chi connectivity index (χ2n) is 4.71. The number of carbonyl (C=O) groups excluding carboxylic acids is 2. The van der Waals surface area contributed by atoms with E-state index in [0.717, 1.165) is 18.9 Å². The number of rotatable bonds is 6. The summed E-state index contributed by atoms with van der Waals surface area (Å²) in [7, 11) is 1.24.